The Bertz CT molecular complexity index is 476. The van der Waals surface area contributed by atoms with Crippen molar-refractivity contribution in [1.29, 1.82) is 0 Å². The number of hydrogen-bond donors (Lipinski definition) is 2. The second kappa shape index (κ2) is 5.18. The van der Waals surface area contributed by atoms with Gasteiger partial charge < -0.3 is 15.8 Å². The zero-order chi connectivity index (χ0) is 13.9. The van der Waals surface area contributed by atoms with Crippen LogP contribution in [0.25, 0.3) is 0 Å². The average Bonchev–Trinajstić information content (AvgIpc) is 2.29. The molecule has 0 aliphatic carbocycles. The lowest BCUT2D eigenvalue weighted by molar-refractivity contribution is -0.120. The van der Waals surface area contributed by atoms with Gasteiger partial charge in [-0.15, -0.1) is 0 Å². The van der Waals surface area contributed by atoms with Crippen LogP contribution >= 0.6 is 0 Å². The third kappa shape index (κ3) is 3.30. The summed E-state index contributed by atoms with van der Waals surface area (Å²) in [6, 6.07) is 4.96. The van der Waals surface area contributed by atoms with E-state index in [1.54, 1.807) is 32.0 Å². The van der Waals surface area contributed by atoms with Gasteiger partial charge in [0.15, 0.2) is 0 Å². The highest BCUT2D eigenvalue weighted by Gasteiger charge is 2.22. The first kappa shape index (κ1) is 14.2. The first-order chi connectivity index (χ1) is 8.25. The molecule has 5 nitrogen and oxygen atoms in total. The Hall–Kier alpha value is -1.88. The summed E-state index contributed by atoms with van der Waals surface area (Å²) < 4.78 is 4.63. The van der Waals surface area contributed by atoms with Crippen LogP contribution in [0.3, 0.4) is 0 Å². The van der Waals surface area contributed by atoms with Gasteiger partial charge in [0.25, 0.3) is 0 Å². The van der Waals surface area contributed by atoms with E-state index in [4.69, 9.17) is 5.73 Å². The summed E-state index contributed by atoms with van der Waals surface area (Å²) in [4.78, 5) is 23.2. The Morgan fingerprint density at radius 3 is 2.44 bits per heavy atom. The van der Waals surface area contributed by atoms with E-state index < -0.39 is 11.5 Å². The summed E-state index contributed by atoms with van der Waals surface area (Å²) in [5.41, 5.74) is 6.51. The normalized spacial score (nSPS) is 10.9. The summed E-state index contributed by atoms with van der Waals surface area (Å²) in [5.74, 6) is -0.759. The minimum Gasteiger partial charge on any atom is -0.465 e. The van der Waals surface area contributed by atoms with Gasteiger partial charge in [-0.05, 0) is 38.5 Å². The zero-order valence-electron chi connectivity index (χ0n) is 11.0. The molecule has 0 saturated heterocycles. The standard InChI is InChI=1S/C13H18N2O3/c1-8-5-6-9(11(16)18-4)7-10(8)15-12(17)13(2,3)14/h5-7H,14H2,1-4H3,(H,15,17). The number of nitrogens with two attached hydrogens (primary N) is 1. The second-order valence-electron chi connectivity index (χ2n) is 4.70. The van der Waals surface area contributed by atoms with Gasteiger partial charge in [-0.1, -0.05) is 6.07 Å². The fraction of sp³-hybridized carbons (Fsp3) is 0.385. The van der Waals surface area contributed by atoms with Crippen molar-refractivity contribution >= 4 is 17.6 Å². The van der Waals surface area contributed by atoms with Crippen molar-refractivity contribution < 1.29 is 14.3 Å². The molecule has 0 heterocycles. The van der Waals surface area contributed by atoms with Crippen LogP contribution in [-0.4, -0.2) is 24.5 Å². The number of rotatable bonds is 3. The molecule has 1 aromatic carbocycles. The highest BCUT2D eigenvalue weighted by Crippen LogP contribution is 2.18. The van der Waals surface area contributed by atoms with Crippen molar-refractivity contribution in [2.24, 2.45) is 5.73 Å². The quantitative estimate of drug-likeness (QED) is 0.796. The van der Waals surface area contributed by atoms with E-state index in [-0.39, 0.29) is 5.91 Å². The maximum atomic E-state index is 11.8. The molecule has 0 spiro atoms. The molecular formula is C13H18N2O3. The summed E-state index contributed by atoms with van der Waals surface area (Å²) >= 11 is 0. The number of methoxy groups -OCH3 is 1. The highest BCUT2D eigenvalue weighted by molar-refractivity contribution is 5.99. The zero-order valence-corrected chi connectivity index (χ0v) is 11.0. The maximum Gasteiger partial charge on any atom is 0.337 e. The number of hydrogen-bond acceptors (Lipinski definition) is 4. The molecule has 0 atom stereocenters. The molecule has 1 amide bonds. The van der Waals surface area contributed by atoms with Gasteiger partial charge in [-0.2, -0.15) is 0 Å². The van der Waals surface area contributed by atoms with Gasteiger partial charge >= 0.3 is 5.97 Å². The molecule has 98 valence electrons. The summed E-state index contributed by atoms with van der Waals surface area (Å²) in [6.07, 6.45) is 0. The van der Waals surface area contributed by atoms with Crippen LogP contribution in [0.1, 0.15) is 29.8 Å². The van der Waals surface area contributed by atoms with Crippen LogP contribution in [0.15, 0.2) is 18.2 Å². The predicted octanol–water partition coefficient (Wildman–Crippen LogP) is 1.46. The molecule has 0 radical (unpaired) electrons. The van der Waals surface area contributed by atoms with Gasteiger partial charge in [0, 0.05) is 5.69 Å². The maximum absolute atomic E-state index is 11.8. The Kier molecular flexibility index (Phi) is 4.08. The number of amides is 1. The van der Waals surface area contributed by atoms with Gasteiger partial charge in [-0.3, -0.25) is 4.79 Å². The van der Waals surface area contributed by atoms with Crippen LogP contribution < -0.4 is 11.1 Å². The molecule has 18 heavy (non-hydrogen) atoms. The van der Waals surface area contributed by atoms with Crippen molar-refractivity contribution in [2.75, 3.05) is 12.4 Å². The lowest BCUT2D eigenvalue weighted by atomic mass is 10.0. The lowest BCUT2D eigenvalue weighted by Gasteiger charge is -2.19. The number of aryl methyl sites for hydroxylation is 1. The topological polar surface area (TPSA) is 81.4 Å². The number of carbonyl (C=O) groups is 2. The summed E-state index contributed by atoms with van der Waals surface area (Å²) in [6.45, 7) is 5.06. The second-order valence-corrected chi connectivity index (χ2v) is 4.70. The van der Waals surface area contributed by atoms with Gasteiger partial charge in [0.2, 0.25) is 5.91 Å². The number of ether oxygens (including phenoxy) is 1. The van der Waals surface area contributed by atoms with Crippen molar-refractivity contribution in [1.82, 2.24) is 0 Å². The smallest absolute Gasteiger partial charge is 0.337 e. The number of nitrogens with one attached hydrogen (secondary N) is 1. The molecule has 0 aliphatic heterocycles. The molecule has 0 unspecified atom stereocenters. The first-order valence-corrected chi connectivity index (χ1v) is 5.55. The third-order valence-electron chi connectivity index (χ3n) is 2.49. The van der Waals surface area contributed by atoms with E-state index >= 15 is 0 Å². The minimum atomic E-state index is -0.978. The number of carbonyl (C=O) groups excluding carboxylic acids is 2. The third-order valence-corrected chi connectivity index (χ3v) is 2.49. The molecule has 0 aliphatic rings. The van der Waals surface area contributed by atoms with Crippen molar-refractivity contribution in [2.45, 2.75) is 26.3 Å². The monoisotopic (exact) mass is 250 g/mol. The molecule has 5 heteroatoms. The average molecular weight is 250 g/mol. The van der Waals surface area contributed by atoms with Crippen LogP contribution in [0.5, 0.6) is 0 Å². The van der Waals surface area contributed by atoms with E-state index in [0.29, 0.717) is 11.3 Å². The van der Waals surface area contributed by atoms with E-state index in [9.17, 15) is 9.59 Å². The van der Waals surface area contributed by atoms with Crippen molar-refractivity contribution in [3.63, 3.8) is 0 Å². The number of anilines is 1. The van der Waals surface area contributed by atoms with Crippen LogP contribution in [0.4, 0.5) is 5.69 Å². The van der Waals surface area contributed by atoms with E-state index in [2.05, 4.69) is 10.1 Å². The predicted molar refractivity (Wildman–Crippen MR) is 69.4 cm³/mol. The molecule has 3 N–H and O–H groups in total. The Labute approximate surface area is 106 Å². The van der Waals surface area contributed by atoms with Crippen molar-refractivity contribution in [3.05, 3.63) is 29.3 Å². The summed E-state index contributed by atoms with van der Waals surface area (Å²) in [7, 11) is 1.31. The van der Waals surface area contributed by atoms with Gasteiger partial charge in [0.05, 0.1) is 18.2 Å². The van der Waals surface area contributed by atoms with Crippen LogP contribution in [-0.2, 0) is 9.53 Å². The molecule has 0 saturated carbocycles. The SMILES string of the molecule is COC(=O)c1ccc(C)c(NC(=O)C(C)(C)N)c1. The van der Waals surface area contributed by atoms with E-state index in [1.807, 2.05) is 6.92 Å². The van der Waals surface area contributed by atoms with Crippen LogP contribution in [0.2, 0.25) is 0 Å². The number of benzene rings is 1. The first-order valence-electron chi connectivity index (χ1n) is 5.55. The summed E-state index contributed by atoms with van der Waals surface area (Å²) in [5, 5.41) is 2.70. The van der Waals surface area contributed by atoms with Gasteiger partial charge in [0.1, 0.15) is 0 Å². The lowest BCUT2D eigenvalue weighted by Crippen LogP contribution is -2.45. The van der Waals surface area contributed by atoms with Crippen LogP contribution in [0, 0.1) is 6.92 Å². The molecule has 0 bridgehead atoms. The highest BCUT2D eigenvalue weighted by atomic mass is 16.5. The number of esters is 1. The minimum absolute atomic E-state index is 0.312. The van der Waals surface area contributed by atoms with Gasteiger partial charge in [-0.25, -0.2) is 4.79 Å². The Balaban J connectivity index is 3.02. The molecular weight excluding hydrogens is 232 g/mol. The largest absolute Gasteiger partial charge is 0.465 e. The molecule has 1 rings (SSSR count). The molecule has 1 aromatic rings. The van der Waals surface area contributed by atoms with E-state index in [1.165, 1.54) is 7.11 Å². The molecule has 0 aromatic heterocycles. The Morgan fingerprint density at radius 2 is 1.94 bits per heavy atom. The van der Waals surface area contributed by atoms with Crippen molar-refractivity contribution in [3.8, 4) is 0 Å². The fourth-order valence-corrected chi connectivity index (χ4v) is 1.28. The Morgan fingerprint density at radius 1 is 1.33 bits per heavy atom. The van der Waals surface area contributed by atoms with E-state index in [0.717, 1.165) is 5.56 Å². The molecule has 0 fully saturated rings. The fourth-order valence-electron chi connectivity index (χ4n) is 1.28.